The van der Waals surface area contributed by atoms with Gasteiger partial charge in [0.2, 0.25) is 0 Å². The van der Waals surface area contributed by atoms with Gasteiger partial charge in [-0.1, -0.05) is 68.5 Å². The molecular weight excluding hydrogens is 553 g/mol. The highest BCUT2D eigenvalue weighted by molar-refractivity contribution is 7.80. The van der Waals surface area contributed by atoms with Crippen LogP contribution < -0.4 is 0 Å². The van der Waals surface area contributed by atoms with E-state index >= 15 is 0 Å². The van der Waals surface area contributed by atoms with Crippen LogP contribution in [0.1, 0.15) is 91.5 Å². The zero-order valence-corrected chi connectivity index (χ0v) is 26.0. The average molecular weight is 589 g/mol. The molecule has 0 heterocycles. The Bertz CT molecular complexity index is 1770. The minimum atomic E-state index is -0.0915. The molecule has 0 N–H and O–H groups in total. The number of fused-ring (bicyclic) bond motifs is 8. The number of thiocarbonyl (C=S) groups is 2. The number of hydrogen-bond acceptors (Lipinski definition) is 4. The fourth-order valence-electron chi connectivity index (χ4n) is 6.96. The van der Waals surface area contributed by atoms with E-state index in [0.717, 1.165) is 51.4 Å². The van der Waals surface area contributed by atoms with Gasteiger partial charge in [-0.2, -0.15) is 0 Å². The number of ether oxygens (including phenoxy) is 2. The van der Waals surface area contributed by atoms with Gasteiger partial charge >= 0.3 is 0 Å². The zero-order chi connectivity index (χ0) is 28.8. The van der Waals surface area contributed by atoms with Crippen LogP contribution in [0.15, 0.2) is 66.7 Å². The summed E-state index contributed by atoms with van der Waals surface area (Å²) in [6.07, 6.45) is 11.8. The lowest BCUT2D eigenvalue weighted by Gasteiger charge is -2.34. The van der Waals surface area contributed by atoms with Gasteiger partial charge < -0.3 is 9.47 Å². The number of rotatable bonds is 6. The summed E-state index contributed by atoms with van der Waals surface area (Å²) in [4.78, 5) is 0. The summed E-state index contributed by atoms with van der Waals surface area (Å²) in [6.45, 7) is 4.30. The van der Waals surface area contributed by atoms with Crippen molar-refractivity contribution < 1.29 is 9.47 Å². The summed E-state index contributed by atoms with van der Waals surface area (Å²) in [5.74, 6) is 0. The Hall–Kier alpha value is -3.34. The summed E-state index contributed by atoms with van der Waals surface area (Å²) >= 11 is 11.4. The van der Waals surface area contributed by atoms with Crippen molar-refractivity contribution in [2.75, 3.05) is 0 Å². The monoisotopic (exact) mass is 588 g/mol. The molecular formula is C38H36O2S2. The summed E-state index contributed by atoms with van der Waals surface area (Å²) in [7, 11) is 0. The van der Waals surface area contributed by atoms with E-state index in [1.54, 1.807) is 0 Å². The smallest absolute Gasteiger partial charge is 0.160 e. The number of aryl methyl sites for hydroxylation is 1. The number of hydrogen-bond donors (Lipinski definition) is 0. The van der Waals surface area contributed by atoms with E-state index in [4.69, 9.17) is 33.9 Å². The Balaban J connectivity index is 1.39. The molecule has 3 aliphatic carbocycles. The number of allylic oxidation sites excluding steroid dienone is 1. The van der Waals surface area contributed by atoms with E-state index in [1.165, 1.54) is 66.4 Å². The van der Waals surface area contributed by atoms with Crippen LogP contribution in [0, 0.1) is 0 Å². The third-order valence-corrected chi connectivity index (χ3v) is 9.58. The highest BCUT2D eigenvalue weighted by Gasteiger charge is 2.33. The summed E-state index contributed by atoms with van der Waals surface area (Å²) in [5.41, 5.74) is 13.0. The van der Waals surface area contributed by atoms with Crippen molar-refractivity contribution in [1.82, 2.24) is 0 Å². The molecule has 42 heavy (non-hydrogen) atoms. The Morgan fingerprint density at radius 2 is 1.26 bits per heavy atom. The van der Waals surface area contributed by atoms with Gasteiger partial charge in [-0.15, -0.1) is 0 Å². The molecule has 0 radical (unpaired) electrons. The SMILES string of the molecule is CCCC(=S)OC1Cc2cc3c(cc2-c2cc4c(cc21)CCC=C4)CC(OC(=S)CCC)c1cc2ccccc2cc1-3. The van der Waals surface area contributed by atoms with Crippen molar-refractivity contribution in [1.29, 1.82) is 0 Å². The molecule has 4 aromatic rings. The Morgan fingerprint density at radius 3 is 1.88 bits per heavy atom. The van der Waals surface area contributed by atoms with Crippen LogP contribution >= 0.6 is 24.4 Å². The van der Waals surface area contributed by atoms with Crippen molar-refractivity contribution >= 4 is 51.4 Å². The Morgan fingerprint density at radius 1 is 0.690 bits per heavy atom. The highest BCUT2D eigenvalue weighted by Crippen LogP contribution is 2.49. The van der Waals surface area contributed by atoms with Crippen LogP contribution in [-0.4, -0.2) is 10.1 Å². The largest absolute Gasteiger partial charge is 0.479 e. The van der Waals surface area contributed by atoms with Crippen LogP contribution in [0.4, 0.5) is 0 Å². The van der Waals surface area contributed by atoms with Gasteiger partial charge in [0.15, 0.2) is 10.1 Å². The maximum absolute atomic E-state index is 6.54. The first-order valence-electron chi connectivity index (χ1n) is 15.4. The summed E-state index contributed by atoms with van der Waals surface area (Å²) < 4.78 is 13.1. The summed E-state index contributed by atoms with van der Waals surface area (Å²) in [6, 6.07) is 22.9. The highest BCUT2D eigenvalue weighted by atomic mass is 32.1. The second kappa shape index (κ2) is 11.4. The molecule has 0 saturated heterocycles. The minimum Gasteiger partial charge on any atom is -0.479 e. The molecule has 2 atom stereocenters. The van der Waals surface area contributed by atoms with E-state index in [1.807, 2.05) is 0 Å². The molecule has 0 amide bonds. The van der Waals surface area contributed by atoms with Gasteiger partial charge in [-0.3, -0.25) is 0 Å². The van der Waals surface area contributed by atoms with Crippen molar-refractivity contribution in [3.63, 3.8) is 0 Å². The molecule has 0 fully saturated rings. The van der Waals surface area contributed by atoms with Crippen LogP contribution in [0.2, 0.25) is 0 Å². The van der Waals surface area contributed by atoms with Crippen molar-refractivity contribution in [2.45, 2.75) is 77.4 Å². The normalized spacial score (nSPS) is 17.9. The Kier molecular flexibility index (Phi) is 7.46. The van der Waals surface area contributed by atoms with Crippen LogP contribution in [0.25, 0.3) is 39.1 Å². The molecule has 2 nitrogen and oxygen atoms in total. The molecule has 4 heteroatoms. The number of benzene rings is 4. The van der Waals surface area contributed by atoms with E-state index in [0.29, 0.717) is 10.1 Å². The molecule has 0 aliphatic heterocycles. The molecule has 0 saturated carbocycles. The third kappa shape index (κ3) is 4.99. The second-order valence-corrected chi connectivity index (χ2v) is 12.8. The molecule has 0 spiro atoms. The standard InChI is InChI=1S/C38H36O2S2/c1-3-9-37(41)39-35-21-27-19-30-28(20-29(27)31-15-23-11-5-7-13-25(23)17-33(31)35)22-36(40-38(42)10-4-2)34-18-26-14-8-6-12-24(26)16-32(30)34/h5-7,11-13,15-20,35-36H,3-4,8-10,14,21-22H2,1-2H3. The first-order chi connectivity index (χ1) is 20.5. The second-order valence-electron chi connectivity index (χ2n) is 11.9. The maximum Gasteiger partial charge on any atom is 0.160 e. The quantitative estimate of drug-likeness (QED) is 0.209. The fraction of sp³-hybridized carbons (Fsp3) is 0.316. The van der Waals surface area contributed by atoms with Gasteiger partial charge in [0.25, 0.3) is 0 Å². The van der Waals surface area contributed by atoms with E-state index in [2.05, 4.69) is 86.7 Å². The van der Waals surface area contributed by atoms with Crippen LogP contribution in [-0.2, 0) is 28.7 Å². The first-order valence-corrected chi connectivity index (χ1v) is 16.3. The molecule has 212 valence electrons. The predicted molar refractivity (Wildman–Crippen MR) is 182 cm³/mol. The van der Waals surface area contributed by atoms with Gasteiger partial charge in [-0.05, 0) is 124 Å². The van der Waals surface area contributed by atoms with Crippen LogP contribution in [0.3, 0.4) is 0 Å². The average Bonchev–Trinajstić information content (AvgIpc) is 2.99. The first kappa shape index (κ1) is 27.5. The van der Waals surface area contributed by atoms with Crippen molar-refractivity contribution in [2.24, 2.45) is 0 Å². The van der Waals surface area contributed by atoms with Crippen molar-refractivity contribution in [3.05, 3.63) is 100 Å². The van der Waals surface area contributed by atoms with Gasteiger partial charge in [-0.25, -0.2) is 0 Å². The predicted octanol–water partition coefficient (Wildman–Crippen LogP) is 10.6. The minimum absolute atomic E-state index is 0.0667. The summed E-state index contributed by atoms with van der Waals surface area (Å²) in [5, 5.41) is 3.89. The lowest BCUT2D eigenvalue weighted by molar-refractivity contribution is 0.189. The third-order valence-electron chi connectivity index (χ3n) is 8.98. The molecule has 7 rings (SSSR count). The zero-order valence-electron chi connectivity index (χ0n) is 24.4. The lowest BCUT2D eigenvalue weighted by atomic mass is 9.75. The van der Waals surface area contributed by atoms with Crippen LogP contribution in [0.5, 0.6) is 0 Å². The topological polar surface area (TPSA) is 18.5 Å². The van der Waals surface area contributed by atoms with E-state index in [-0.39, 0.29) is 12.2 Å². The van der Waals surface area contributed by atoms with Gasteiger partial charge in [0, 0.05) is 36.8 Å². The van der Waals surface area contributed by atoms with Gasteiger partial charge in [0.05, 0.1) is 0 Å². The lowest BCUT2D eigenvalue weighted by Crippen LogP contribution is -2.21. The maximum atomic E-state index is 6.54. The van der Waals surface area contributed by atoms with E-state index < -0.39 is 0 Å². The fourth-order valence-corrected chi connectivity index (χ4v) is 7.60. The van der Waals surface area contributed by atoms with Gasteiger partial charge in [0.1, 0.15) is 12.2 Å². The molecule has 0 bridgehead atoms. The molecule has 4 aromatic carbocycles. The van der Waals surface area contributed by atoms with Crippen molar-refractivity contribution in [3.8, 4) is 22.3 Å². The molecule has 0 aromatic heterocycles. The molecule has 3 aliphatic rings. The Labute approximate surface area is 259 Å². The van der Waals surface area contributed by atoms with E-state index in [9.17, 15) is 0 Å². The molecule has 2 unspecified atom stereocenters.